The quantitative estimate of drug-likeness (QED) is 0.0793. The Balaban J connectivity index is 1.24. The number of nitrogens with zero attached hydrogens (tertiary/aromatic N) is 1. The molecule has 1 atom stereocenters. The molecular weight excluding hydrogens is 728 g/mol. The summed E-state index contributed by atoms with van der Waals surface area (Å²) in [4.78, 5) is 46.3. The Hall–Kier alpha value is -5.88. The van der Waals surface area contributed by atoms with Crippen LogP contribution in [0.2, 0.25) is 5.02 Å². The van der Waals surface area contributed by atoms with Crippen LogP contribution in [0.3, 0.4) is 0 Å². The van der Waals surface area contributed by atoms with Crippen LogP contribution in [0.25, 0.3) is 17.3 Å². The number of amides is 3. The van der Waals surface area contributed by atoms with Gasteiger partial charge in [0.25, 0.3) is 11.8 Å². The molecule has 1 unspecified atom stereocenters. The van der Waals surface area contributed by atoms with Crippen molar-refractivity contribution in [1.29, 1.82) is 0 Å². The van der Waals surface area contributed by atoms with E-state index in [1.54, 1.807) is 72.8 Å². The molecular formula is C41H33ClN4O5S2. The molecule has 0 aliphatic heterocycles. The number of thioether (sulfide) groups is 1. The van der Waals surface area contributed by atoms with Crippen LogP contribution in [0.4, 0.5) is 10.8 Å². The van der Waals surface area contributed by atoms with Crippen molar-refractivity contribution in [2.45, 2.75) is 10.1 Å². The lowest BCUT2D eigenvalue weighted by molar-refractivity contribution is -0.116. The number of carbonyl (C=O) groups excluding carboxylic acids is 3. The summed E-state index contributed by atoms with van der Waals surface area (Å²) in [6, 6.07) is 37.8. The molecule has 1 heterocycles. The zero-order valence-corrected chi connectivity index (χ0v) is 30.9. The van der Waals surface area contributed by atoms with E-state index in [9.17, 15) is 14.4 Å². The van der Waals surface area contributed by atoms with Gasteiger partial charge in [-0.05, 0) is 54.1 Å². The Morgan fingerprint density at radius 2 is 1.53 bits per heavy atom. The van der Waals surface area contributed by atoms with Crippen molar-refractivity contribution < 1.29 is 23.9 Å². The van der Waals surface area contributed by atoms with Crippen LogP contribution in [0, 0.1) is 0 Å². The molecule has 5 aromatic carbocycles. The molecule has 53 heavy (non-hydrogen) atoms. The number of thiazole rings is 1. The van der Waals surface area contributed by atoms with E-state index in [0.29, 0.717) is 44.2 Å². The maximum Gasteiger partial charge on any atom is 0.272 e. The number of nitrogens with one attached hydrogen (secondary N) is 3. The number of rotatable bonds is 13. The molecule has 0 saturated carbocycles. The summed E-state index contributed by atoms with van der Waals surface area (Å²) in [5.74, 6) is -0.439. The number of aromatic nitrogens is 1. The zero-order valence-electron chi connectivity index (χ0n) is 28.5. The number of benzene rings is 5. The fraction of sp³-hybridized carbons (Fsp3) is 0.0732. The van der Waals surface area contributed by atoms with Crippen molar-refractivity contribution in [2.75, 3.05) is 24.9 Å². The Labute approximate surface area is 320 Å². The minimum atomic E-state index is -0.657. The number of hydrogen-bond acceptors (Lipinski definition) is 8. The van der Waals surface area contributed by atoms with Gasteiger partial charge in [0.1, 0.15) is 10.9 Å². The molecule has 3 amide bonds. The van der Waals surface area contributed by atoms with Crippen LogP contribution in [-0.2, 0) is 9.59 Å². The minimum absolute atomic E-state index is 0.0235. The molecule has 0 aliphatic rings. The molecule has 0 radical (unpaired) electrons. The largest absolute Gasteiger partial charge is 0.493 e. The fourth-order valence-corrected chi connectivity index (χ4v) is 7.33. The third-order valence-corrected chi connectivity index (χ3v) is 10.2. The van der Waals surface area contributed by atoms with E-state index in [4.69, 9.17) is 21.1 Å². The van der Waals surface area contributed by atoms with Gasteiger partial charge in [-0.1, -0.05) is 96.5 Å². The number of para-hydroxylation sites is 1. The van der Waals surface area contributed by atoms with Gasteiger partial charge in [0.2, 0.25) is 5.91 Å². The molecule has 6 rings (SSSR count). The van der Waals surface area contributed by atoms with Gasteiger partial charge in [-0.15, -0.1) is 23.1 Å². The summed E-state index contributed by atoms with van der Waals surface area (Å²) in [5.41, 5.74) is 3.56. The molecule has 9 nitrogen and oxygen atoms in total. The van der Waals surface area contributed by atoms with Gasteiger partial charge < -0.3 is 25.4 Å². The van der Waals surface area contributed by atoms with E-state index in [1.807, 2.05) is 60.0 Å². The second-order valence-corrected chi connectivity index (χ2v) is 13.8. The Kier molecular flexibility index (Phi) is 12.2. The highest BCUT2D eigenvalue weighted by Gasteiger charge is 2.24. The van der Waals surface area contributed by atoms with Gasteiger partial charge in [0, 0.05) is 37.7 Å². The highest BCUT2D eigenvalue weighted by molar-refractivity contribution is 8.00. The highest BCUT2D eigenvalue weighted by Crippen LogP contribution is 2.38. The van der Waals surface area contributed by atoms with Gasteiger partial charge in [-0.25, -0.2) is 4.98 Å². The monoisotopic (exact) mass is 760 g/mol. The van der Waals surface area contributed by atoms with Crippen LogP contribution < -0.4 is 25.4 Å². The summed E-state index contributed by atoms with van der Waals surface area (Å²) >= 11 is 9.01. The molecule has 0 fully saturated rings. The third-order valence-electron chi connectivity index (χ3n) is 7.83. The minimum Gasteiger partial charge on any atom is -0.493 e. The van der Waals surface area contributed by atoms with Gasteiger partial charge in [0.05, 0.1) is 19.9 Å². The fourth-order valence-electron chi connectivity index (χ4n) is 5.30. The van der Waals surface area contributed by atoms with Crippen molar-refractivity contribution in [3.05, 3.63) is 160 Å². The molecule has 0 saturated heterocycles. The van der Waals surface area contributed by atoms with Gasteiger partial charge in [-0.2, -0.15) is 0 Å². The van der Waals surface area contributed by atoms with Crippen molar-refractivity contribution >= 4 is 69.3 Å². The third kappa shape index (κ3) is 9.32. The topological polar surface area (TPSA) is 119 Å². The van der Waals surface area contributed by atoms with Crippen LogP contribution in [-0.4, -0.2) is 36.9 Å². The lowest BCUT2D eigenvalue weighted by atomic mass is 10.1. The first-order chi connectivity index (χ1) is 25.8. The normalized spacial score (nSPS) is 11.6. The maximum atomic E-state index is 13.9. The number of ether oxygens (including phenoxy) is 2. The molecule has 3 N–H and O–H groups in total. The zero-order chi connectivity index (χ0) is 37.2. The molecule has 0 bridgehead atoms. The Morgan fingerprint density at radius 3 is 2.26 bits per heavy atom. The lowest BCUT2D eigenvalue weighted by Crippen LogP contribution is -2.30. The predicted octanol–water partition coefficient (Wildman–Crippen LogP) is 9.36. The smallest absolute Gasteiger partial charge is 0.272 e. The van der Waals surface area contributed by atoms with E-state index >= 15 is 0 Å². The van der Waals surface area contributed by atoms with Crippen LogP contribution in [0.15, 0.2) is 143 Å². The molecule has 266 valence electrons. The Bertz CT molecular complexity index is 2260. The van der Waals surface area contributed by atoms with Crippen molar-refractivity contribution in [3.8, 4) is 22.8 Å². The van der Waals surface area contributed by atoms with Crippen molar-refractivity contribution in [1.82, 2.24) is 10.3 Å². The molecule has 0 spiro atoms. The summed E-state index contributed by atoms with van der Waals surface area (Å²) in [5, 5.41) is 10.8. The van der Waals surface area contributed by atoms with Crippen molar-refractivity contribution in [3.63, 3.8) is 0 Å². The average molecular weight is 761 g/mol. The molecule has 6 aromatic rings. The van der Waals surface area contributed by atoms with E-state index in [0.717, 1.165) is 16.0 Å². The average Bonchev–Trinajstić information content (AvgIpc) is 3.65. The molecule has 0 aliphatic carbocycles. The van der Waals surface area contributed by atoms with E-state index in [1.165, 1.54) is 43.4 Å². The molecule has 12 heteroatoms. The summed E-state index contributed by atoms with van der Waals surface area (Å²) in [6.45, 7) is 0. The number of halogens is 1. The summed E-state index contributed by atoms with van der Waals surface area (Å²) < 4.78 is 11.0. The second-order valence-electron chi connectivity index (χ2n) is 11.4. The standard InChI is InChI=1S/C41H33ClN4O5S2/c1-50-35-22-11-17-28(36(35)51-2)23-33(44-38(47)27-15-7-4-8-16-27)39(48)43-29-18-12-19-30(24-29)53-37(26-13-5-3-6-14-26)40(49)46-41-45-34(25-52-41)31-20-9-10-21-32(31)42/h3-25,37H,1-2H3,(H,43,48)(H,44,47)(H,45,46,49)/b33-23+. The van der Waals surface area contributed by atoms with Crippen LogP contribution >= 0.6 is 34.7 Å². The van der Waals surface area contributed by atoms with E-state index < -0.39 is 17.1 Å². The maximum absolute atomic E-state index is 13.9. The number of anilines is 2. The highest BCUT2D eigenvalue weighted by atomic mass is 35.5. The number of hydrogen-bond donors (Lipinski definition) is 3. The van der Waals surface area contributed by atoms with E-state index in [2.05, 4.69) is 20.9 Å². The molecule has 1 aromatic heterocycles. The van der Waals surface area contributed by atoms with Crippen LogP contribution in [0.1, 0.15) is 26.7 Å². The first kappa shape index (κ1) is 36.9. The van der Waals surface area contributed by atoms with Gasteiger partial charge >= 0.3 is 0 Å². The van der Waals surface area contributed by atoms with Gasteiger partial charge in [-0.3, -0.25) is 14.4 Å². The lowest BCUT2D eigenvalue weighted by Gasteiger charge is -2.17. The second kappa shape index (κ2) is 17.6. The van der Waals surface area contributed by atoms with E-state index in [-0.39, 0.29) is 11.6 Å². The van der Waals surface area contributed by atoms with Crippen molar-refractivity contribution in [2.24, 2.45) is 0 Å². The summed E-state index contributed by atoms with van der Waals surface area (Å²) in [6.07, 6.45) is 1.53. The Morgan fingerprint density at radius 1 is 0.811 bits per heavy atom. The van der Waals surface area contributed by atoms with Crippen LogP contribution in [0.5, 0.6) is 11.5 Å². The summed E-state index contributed by atoms with van der Waals surface area (Å²) in [7, 11) is 3.02. The first-order valence-corrected chi connectivity index (χ1v) is 18.4. The van der Waals surface area contributed by atoms with Gasteiger partial charge in [0.15, 0.2) is 16.6 Å². The number of methoxy groups -OCH3 is 2. The number of carbonyl (C=O) groups is 3. The first-order valence-electron chi connectivity index (χ1n) is 16.3. The predicted molar refractivity (Wildman–Crippen MR) is 213 cm³/mol. The SMILES string of the molecule is COc1cccc(/C=C(/NC(=O)c2ccccc2)C(=O)Nc2cccc(SC(C(=O)Nc3nc(-c4ccccc4Cl)cs3)c3ccccc3)c2)c1OC.